The molecular weight excluding hydrogens is 185 g/mol. The van der Waals surface area contributed by atoms with Gasteiger partial charge in [0.2, 0.25) is 0 Å². The van der Waals surface area contributed by atoms with Crippen LogP contribution >= 0.6 is 12.2 Å². The number of hydrogen-bond donors (Lipinski definition) is 1. The molecule has 1 aliphatic carbocycles. The summed E-state index contributed by atoms with van der Waals surface area (Å²) in [5, 5.41) is 3.10. The van der Waals surface area contributed by atoms with Gasteiger partial charge in [0.1, 0.15) is 5.82 Å². The van der Waals surface area contributed by atoms with Crippen molar-refractivity contribution in [1.82, 2.24) is 0 Å². The van der Waals surface area contributed by atoms with E-state index in [1.54, 1.807) is 12.1 Å². The summed E-state index contributed by atoms with van der Waals surface area (Å²) in [5.41, 5.74) is 0.873. The fraction of sp³-hybridized carbons (Fsp3) is 0.300. The maximum absolute atomic E-state index is 12.5. The quantitative estimate of drug-likeness (QED) is 0.728. The van der Waals surface area contributed by atoms with Gasteiger partial charge in [-0.05, 0) is 37.1 Å². The third-order valence-corrected chi connectivity index (χ3v) is 2.50. The van der Waals surface area contributed by atoms with Crippen LogP contribution in [0.1, 0.15) is 12.8 Å². The SMILES string of the molecule is Fc1ccc(NC(=S)C2CC2)cc1. The second-order valence-electron chi connectivity index (χ2n) is 3.27. The number of nitrogens with one attached hydrogen (secondary N) is 1. The van der Waals surface area contributed by atoms with Crippen molar-refractivity contribution in [1.29, 1.82) is 0 Å². The van der Waals surface area contributed by atoms with Gasteiger partial charge >= 0.3 is 0 Å². The van der Waals surface area contributed by atoms with Crippen molar-refractivity contribution >= 4 is 22.9 Å². The van der Waals surface area contributed by atoms with Gasteiger partial charge in [0.15, 0.2) is 0 Å². The molecule has 1 aromatic rings. The minimum Gasteiger partial charge on any atom is -0.350 e. The van der Waals surface area contributed by atoms with Crippen LogP contribution in [-0.2, 0) is 0 Å². The van der Waals surface area contributed by atoms with E-state index in [4.69, 9.17) is 12.2 Å². The summed E-state index contributed by atoms with van der Waals surface area (Å²) in [5.74, 6) is 0.336. The Bertz CT molecular complexity index is 316. The number of anilines is 1. The highest BCUT2D eigenvalue weighted by atomic mass is 32.1. The van der Waals surface area contributed by atoms with Crippen LogP contribution in [0.25, 0.3) is 0 Å². The lowest BCUT2D eigenvalue weighted by atomic mass is 10.3. The number of rotatable bonds is 2. The van der Waals surface area contributed by atoms with E-state index in [1.807, 2.05) is 0 Å². The smallest absolute Gasteiger partial charge is 0.123 e. The minimum absolute atomic E-state index is 0.220. The van der Waals surface area contributed by atoms with Crippen LogP contribution in [0.15, 0.2) is 24.3 Å². The molecule has 0 unspecified atom stereocenters. The highest BCUT2D eigenvalue weighted by Crippen LogP contribution is 2.31. The van der Waals surface area contributed by atoms with Crippen LogP contribution < -0.4 is 5.32 Å². The Morgan fingerprint density at radius 3 is 2.46 bits per heavy atom. The molecule has 0 aromatic heterocycles. The molecule has 68 valence electrons. The molecule has 1 nitrogen and oxygen atoms in total. The molecule has 0 saturated heterocycles. The summed E-state index contributed by atoms with van der Waals surface area (Å²) in [7, 11) is 0. The molecule has 1 aliphatic rings. The van der Waals surface area contributed by atoms with Crippen LogP contribution in [0.5, 0.6) is 0 Å². The van der Waals surface area contributed by atoms with Crippen molar-refractivity contribution in [3.05, 3.63) is 30.1 Å². The highest BCUT2D eigenvalue weighted by Gasteiger charge is 2.25. The van der Waals surface area contributed by atoms with Crippen LogP contribution in [0.3, 0.4) is 0 Å². The second-order valence-corrected chi connectivity index (χ2v) is 3.71. The van der Waals surface area contributed by atoms with E-state index < -0.39 is 0 Å². The molecule has 0 aliphatic heterocycles. The van der Waals surface area contributed by atoms with E-state index in [0.717, 1.165) is 10.7 Å². The van der Waals surface area contributed by atoms with Crippen molar-refractivity contribution in [3.63, 3.8) is 0 Å². The number of benzene rings is 1. The normalized spacial score (nSPS) is 15.5. The van der Waals surface area contributed by atoms with Gasteiger partial charge in [-0.25, -0.2) is 4.39 Å². The van der Waals surface area contributed by atoms with Gasteiger partial charge < -0.3 is 5.32 Å². The summed E-state index contributed by atoms with van der Waals surface area (Å²) in [6.45, 7) is 0. The average molecular weight is 195 g/mol. The maximum atomic E-state index is 12.5. The van der Waals surface area contributed by atoms with E-state index in [9.17, 15) is 4.39 Å². The van der Waals surface area contributed by atoms with E-state index in [1.165, 1.54) is 25.0 Å². The lowest BCUT2D eigenvalue weighted by molar-refractivity contribution is 0.628. The summed E-state index contributed by atoms with van der Waals surface area (Å²) in [6, 6.07) is 6.25. The van der Waals surface area contributed by atoms with Gasteiger partial charge in [-0.2, -0.15) is 0 Å². The third-order valence-electron chi connectivity index (χ3n) is 2.06. The number of halogens is 1. The largest absolute Gasteiger partial charge is 0.350 e. The predicted molar refractivity (Wildman–Crippen MR) is 55.3 cm³/mol. The van der Waals surface area contributed by atoms with Crippen LogP contribution in [0.4, 0.5) is 10.1 Å². The zero-order chi connectivity index (χ0) is 9.26. The first-order chi connectivity index (χ1) is 6.25. The molecule has 1 aromatic carbocycles. The molecule has 13 heavy (non-hydrogen) atoms. The first kappa shape index (κ1) is 8.63. The van der Waals surface area contributed by atoms with Crippen molar-refractivity contribution in [3.8, 4) is 0 Å². The van der Waals surface area contributed by atoms with Gasteiger partial charge in [0.05, 0.1) is 4.99 Å². The summed E-state index contributed by atoms with van der Waals surface area (Å²) < 4.78 is 12.5. The van der Waals surface area contributed by atoms with Crippen LogP contribution in [-0.4, -0.2) is 4.99 Å². The van der Waals surface area contributed by atoms with Crippen molar-refractivity contribution in [2.24, 2.45) is 5.92 Å². The monoisotopic (exact) mass is 195 g/mol. The molecule has 1 fully saturated rings. The Hall–Kier alpha value is -0.960. The lowest BCUT2D eigenvalue weighted by Gasteiger charge is -2.05. The molecule has 0 spiro atoms. The Kier molecular flexibility index (Phi) is 2.27. The van der Waals surface area contributed by atoms with E-state index in [-0.39, 0.29) is 5.82 Å². The standard InChI is InChI=1S/C10H10FNS/c11-8-3-5-9(6-4-8)12-10(13)7-1-2-7/h3-7H,1-2H2,(H,12,13). The van der Waals surface area contributed by atoms with Crippen molar-refractivity contribution in [2.75, 3.05) is 5.32 Å². The topological polar surface area (TPSA) is 12.0 Å². The predicted octanol–water partition coefficient (Wildman–Crippen LogP) is 2.98. The third kappa shape index (κ3) is 2.25. The summed E-state index contributed by atoms with van der Waals surface area (Å²) in [6.07, 6.45) is 2.38. The molecule has 1 saturated carbocycles. The van der Waals surface area contributed by atoms with E-state index >= 15 is 0 Å². The van der Waals surface area contributed by atoms with E-state index in [2.05, 4.69) is 5.32 Å². The molecule has 3 heteroatoms. The zero-order valence-corrected chi connectivity index (χ0v) is 7.90. The fourth-order valence-corrected chi connectivity index (χ4v) is 1.48. The molecule has 1 N–H and O–H groups in total. The van der Waals surface area contributed by atoms with Gasteiger partial charge in [-0.1, -0.05) is 12.2 Å². The van der Waals surface area contributed by atoms with Gasteiger partial charge in [0, 0.05) is 11.6 Å². The number of thiocarbonyl (C=S) groups is 1. The molecule has 0 atom stereocenters. The van der Waals surface area contributed by atoms with Crippen molar-refractivity contribution in [2.45, 2.75) is 12.8 Å². The molecule has 2 rings (SSSR count). The van der Waals surface area contributed by atoms with Crippen LogP contribution in [0, 0.1) is 11.7 Å². The molecular formula is C10H10FNS. The van der Waals surface area contributed by atoms with Crippen molar-refractivity contribution < 1.29 is 4.39 Å². The number of hydrogen-bond acceptors (Lipinski definition) is 1. The lowest BCUT2D eigenvalue weighted by Crippen LogP contribution is -2.10. The van der Waals surface area contributed by atoms with E-state index in [0.29, 0.717) is 5.92 Å². The summed E-state index contributed by atoms with van der Waals surface area (Å²) >= 11 is 5.15. The highest BCUT2D eigenvalue weighted by molar-refractivity contribution is 7.80. The van der Waals surface area contributed by atoms with Crippen LogP contribution in [0.2, 0.25) is 0 Å². The molecule has 0 bridgehead atoms. The Labute approximate surface area is 82.0 Å². The Morgan fingerprint density at radius 1 is 1.31 bits per heavy atom. The van der Waals surface area contributed by atoms with Gasteiger partial charge in [-0.15, -0.1) is 0 Å². The Balaban J connectivity index is 2.00. The fourth-order valence-electron chi connectivity index (χ4n) is 1.12. The average Bonchev–Trinajstić information content (AvgIpc) is 2.91. The molecule has 0 amide bonds. The van der Waals surface area contributed by atoms with Gasteiger partial charge in [-0.3, -0.25) is 0 Å². The molecule has 0 heterocycles. The maximum Gasteiger partial charge on any atom is 0.123 e. The van der Waals surface area contributed by atoms with Gasteiger partial charge in [0.25, 0.3) is 0 Å². The minimum atomic E-state index is -0.220. The first-order valence-electron chi connectivity index (χ1n) is 4.32. The zero-order valence-electron chi connectivity index (χ0n) is 7.09. The second kappa shape index (κ2) is 3.42. The Morgan fingerprint density at radius 2 is 1.92 bits per heavy atom. The molecule has 0 radical (unpaired) electrons. The first-order valence-corrected chi connectivity index (χ1v) is 4.73. The summed E-state index contributed by atoms with van der Waals surface area (Å²) in [4.78, 5) is 0.881.